The summed E-state index contributed by atoms with van der Waals surface area (Å²) in [6.07, 6.45) is -9.61. The molecular weight excluding hydrogens is 438 g/mol. The van der Waals surface area contributed by atoms with Gasteiger partial charge in [-0.15, -0.1) is 0 Å². The highest BCUT2D eigenvalue weighted by molar-refractivity contribution is 6.04. The predicted octanol–water partition coefficient (Wildman–Crippen LogP) is 5.59. The monoisotopic (exact) mass is 458 g/mol. The van der Waals surface area contributed by atoms with Crippen molar-refractivity contribution in [3.63, 3.8) is 0 Å². The van der Waals surface area contributed by atoms with Gasteiger partial charge >= 0.3 is 12.4 Å². The van der Waals surface area contributed by atoms with Gasteiger partial charge in [-0.3, -0.25) is 9.59 Å². The van der Waals surface area contributed by atoms with Crippen LogP contribution in [0, 0.1) is 12.8 Å². The minimum absolute atomic E-state index is 0.0130. The number of carbonyl (C=O) groups is 2. The predicted molar refractivity (Wildman–Crippen MR) is 106 cm³/mol. The van der Waals surface area contributed by atoms with E-state index in [9.17, 15) is 35.9 Å². The minimum Gasteiger partial charge on any atom is -0.326 e. The third-order valence-corrected chi connectivity index (χ3v) is 5.32. The summed E-state index contributed by atoms with van der Waals surface area (Å²) in [6.45, 7) is 3.71. The summed E-state index contributed by atoms with van der Waals surface area (Å²) in [5.74, 6) is -2.08. The Morgan fingerprint density at radius 2 is 1.66 bits per heavy atom. The zero-order valence-electron chi connectivity index (χ0n) is 17.2. The van der Waals surface area contributed by atoms with Crippen LogP contribution in [0.3, 0.4) is 0 Å². The maximum atomic E-state index is 13.0. The molecule has 1 unspecified atom stereocenters. The van der Waals surface area contributed by atoms with Crippen LogP contribution in [0.15, 0.2) is 36.4 Å². The summed E-state index contributed by atoms with van der Waals surface area (Å²) in [6, 6.07) is 6.38. The Morgan fingerprint density at radius 1 is 1.06 bits per heavy atom. The molecule has 1 saturated heterocycles. The van der Waals surface area contributed by atoms with Crippen LogP contribution in [0.5, 0.6) is 0 Å². The summed E-state index contributed by atoms with van der Waals surface area (Å²) in [5.41, 5.74) is -1.29. The van der Waals surface area contributed by atoms with Crippen molar-refractivity contribution < 1.29 is 35.9 Å². The van der Waals surface area contributed by atoms with Crippen LogP contribution in [0.25, 0.3) is 0 Å². The number of carbonyl (C=O) groups excluding carboxylic acids is 2. The van der Waals surface area contributed by atoms with Gasteiger partial charge in [0, 0.05) is 24.3 Å². The number of halogens is 6. The average Bonchev–Trinajstić information content (AvgIpc) is 3.07. The van der Waals surface area contributed by atoms with Crippen molar-refractivity contribution >= 4 is 23.2 Å². The lowest BCUT2D eigenvalue weighted by Crippen LogP contribution is -2.29. The number of nitrogens with zero attached hydrogens (tertiary/aromatic N) is 1. The molecule has 1 aliphatic rings. The fourth-order valence-electron chi connectivity index (χ4n) is 3.76. The van der Waals surface area contributed by atoms with Crippen LogP contribution in [0.1, 0.15) is 35.6 Å². The molecule has 172 valence electrons. The Hall–Kier alpha value is -3.04. The van der Waals surface area contributed by atoms with Gasteiger partial charge in [-0.2, -0.15) is 26.3 Å². The third-order valence-electron chi connectivity index (χ3n) is 5.32. The van der Waals surface area contributed by atoms with E-state index in [4.69, 9.17) is 0 Å². The van der Waals surface area contributed by atoms with E-state index < -0.39 is 41.0 Å². The van der Waals surface area contributed by atoms with E-state index in [1.807, 2.05) is 32.0 Å². The zero-order valence-corrected chi connectivity index (χ0v) is 17.2. The van der Waals surface area contributed by atoms with Crippen molar-refractivity contribution in [2.75, 3.05) is 16.8 Å². The molecule has 1 atom stereocenters. The van der Waals surface area contributed by atoms with Gasteiger partial charge in [-0.25, -0.2) is 0 Å². The van der Waals surface area contributed by atoms with Crippen LogP contribution in [0.4, 0.5) is 37.7 Å². The largest absolute Gasteiger partial charge is 0.416 e. The van der Waals surface area contributed by atoms with Crippen LogP contribution in [-0.4, -0.2) is 18.4 Å². The second-order valence-corrected chi connectivity index (χ2v) is 7.63. The first kappa shape index (κ1) is 23.6. The molecule has 1 fully saturated rings. The first-order valence-corrected chi connectivity index (χ1v) is 9.80. The second kappa shape index (κ2) is 8.48. The summed E-state index contributed by atoms with van der Waals surface area (Å²) >= 11 is 0. The molecule has 2 amide bonds. The Kier molecular flexibility index (Phi) is 6.26. The van der Waals surface area contributed by atoms with E-state index in [1.165, 1.54) is 4.90 Å². The number of rotatable bonds is 4. The number of para-hydroxylation sites is 1. The molecule has 0 spiro atoms. The highest BCUT2D eigenvalue weighted by Crippen LogP contribution is 2.38. The number of anilines is 2. The number of nitrogens with one attached hydrogen (secondary N) is 1. The number of amides is 2. The number of alkyl halides is 6. The SMILES string of the molecule is CCc1cccc(C)c1N1CC(C(=O)Nc2cc(C(F)(F)F)cc(C(F)(F)F)c2)CC1=O. The molecule has 2 aromatic rings. The van der Waals surface area contributed by atoms with E-state index in [0.29, 0.717) is 24.2 Å². The Labute approximate surface area is 180 Å². The summed E-state index contributed by atoms with van der Waals surface area (Å²) in [7, 11) is 0. The maximum Gasteiger partial charge on any atom is 0.416 e. The number of hydrogen-bond donors (Lipinski definition) is 1. The summed E-state index contributed by atoms with van der Waals surface area (Å²) in [5, 5.41) is 2.13. The number of hydrogen-bond acceptors (Lipinski definition) is 2. The topological polar surface area (TPSA) is 49.4 Å². The van der Waals surface area contributed by atoms with Gasteiger partial charge in [0.05, 0.1) is 17.0 Å². The molecule has 0 aliphatic carbocycles. The summed E-state index contributed by atoms with van der Waals surface area (Å²) in [4.78, 5) is 26.7. The van der Waals surface area contributed by atoms with Gasteiger partial charge < -0.3 is 10.2 Å². The lowest BCUT2D eigenvalue weighted by atomic mass is 10.0. The van der Waals surface area contributed by atoms with Crippen molar-refractivity contribution in [3.8, 4) is 0 Å². The minimum atomic E-state index is -5.03. The Morgan fingerprint density at radius 3 is 2.19 bits per heavy atom. The molecule has 0 saturated carbocycles. The third kappa shape index (κ3) is 4.89. The summed E-state index contributed by atoms with van der Waals surface area (Å²) < 4.78 is 78.3. The van der Waals surface area contributed by atoms with Crippen molar-refractivity contribution in [2.24, 2.45) is 5.92 Å². The Balaban J connectivity index is 1.85. The smallest absolute Gasteiger partial charge is 0.326 e. The fraction of sp³-hybridized carbons (Fsp3) is 0.364. The van der Waals surface area contributed by atoms with Gasteiger partial charge in [0.25, 0.3) is 0 Å². The number of aryl methyl sites for hydroxylation is 2. The highest BCUT2D eigenvalue weighted by Gasteiger charge is 2.39. The molecule has 0 aromatic heterocycles. The van der Waals surface area contributed by atoms with Crippen LogP contribution >= 0.6 is 0 Å². The van der Waals surface area contributed by atoms with E-state index >= 15 is 0 Å². The van der Waals surface area contributed by atoms with E-state index in [2.05, 4.69) is 5.32 Å². The van der Waals surface area contributed by atoms with Crippen LogP contribution in [-0.2, 0) is 28.4 Å². The molecule has 0 bridgehead atoms. The lowest BCUT2D eigenvalue weighted by Gasteiger charge is -2.22. The first-order valence-electron chi connectivity index (χ1n) is 9.80. The fourth-order valence-corrected chi connectivity index (χ4v) is 3.76. The van der Waals surface area contributed by atoms with Crippen molar-refractivity contribution in [1.82, 2.24) is 0 Å². The van der Waals surface area contributed by atoms with Crippen molar-refractivity contribution in [1.29, 1.82) is 0 Å². The average molecular weight is 458 g/mol. The standard InChI is InChI=1S/C22H20F6N2O2/c1-3-13-6-4-5-12(2)19(13)30-11-14(7-18(30)31)20(32)29-17-9-15(21(23,24)25)8-16(10-17)22(26,27)28/h4-6,8-10,14H,3,7,11H2,1-2H3,(H,29,32). The highest BCUT2D eigenvalue weighted by atomic mass is 19.4. The molecule has 1 aliphatic heterocycles. The molecule has 3 rings (SSSR count). The quantitative estimate of drug-likeness (QED) is 0.608. The normalized spacial score (nSPS) is 17.1. The second-order valence-electron chi connectivity index (χ2n) is 7.63. The molecule has 1 heterocycles. The molecule has 2 aromatic carbocycles. The van der Waals surface area contributed by atoms with Crippen LogP contribution in [0.2, 0.25) is 0 Å². The molecule has 10 heteroatoms. The van der Waals surface area contributed by atoms with Crippen molar-refractivity contribution in [2.45, 2.75) is 39.0 Å². The molecule has 32 heavy (non-hydrogen) atoms. The zero-order chi connectivity index (χ0) is 23.8. The molecular formula is C22H20F6N2O2. The maximum absolute atomic E-state index is 13.0. The van der Waals surface area contributed by atoms with Crippen LogP contribution < -0.4 is 10.2 Å². The van der Waals surface area contributed by atoms with E-state index in [-0.39, 0.29) is 24.9 Å². The van der Waals surface area contributed by atoms with Gasteiger partial charge in [-0.1, -0.05) is 25.1 Å². The first-order chi connectivity index (χ1) is 14.8. The van der Waals surface area contributed by atoms with Gasteiger partial charge in [0.2, 0.25) is 11.8 Å². The van der Waals surface area contributed by atoms with E-state index in [0.717, 1.165) is 11.1 Å². The van der Waals surface area contributed by atoms with Gasteiger partial charge in [-0.05, 0) is 42.7 Å². The number of benzene rings is 2. The molecule has 0 radical (unpaired) electrons. The Bertz CT molecular complexity index is 1010. The van der Waals surface area contributed by atoms with Gasteiger partial charge in [0.15, 0.2) is 0 Å². The van der Waals surface area contributed by atoms with Crippen molar-refractivity contribution in [3.05, 3.63) is 58.7 Å². The molecule has 4 nitrogen and oxygen atoms in total. The van der Waals surface area contributed by atoms with Gasteiger partial charge in [0.1, 0.15) is 0 Å². The van der Waals surface area contributed by atoms with E-state index in [1.54, 1.807) is 0 Å². The lowest BCUT2D eigenvalue weighted by molar-refractivity contribution is -0.143. The molecule has 1 N–H and O–H groups in total.